The predicted molar refractivity (Wildman–Crippen MR) is 75.0 cm³/mol. The molecule has 0 saturated heterocycles. The fraction of sp³-hybridized carbons (Fsp3) is 0.533. The Hall–Kier alpha value is -1.72. The molecule has 0 aliphatic carbocycles. The molecule has 0 radical (unpaired) electrons. The van der Waals surface area contributed by atoms with Gasteiger partial charge in [-0.3, -0.25) is 4.79 Å². The number of alkyl halides is 3. The van der Waals surface area contributed by atoms with Gasteiger partial charge < -0.3 is 10.8 Å². The van der Waals surface area contributed by atoms with Gasteiger partial charge in [-0.15, -0.1) is 0 Å². The third kappa shape index (κ3) is 3.31. The molecule has 0 aliphatic heterocycles. The molecule has 1 aromatic rings. The van der Waals surface area contributed by atoms with Gasteiger partial charge in [0.25, 0.3) is 0 Å². The first kappa shape index (κ1) is 17.3. The van der Waals surface area contributed by atoms with Crippen molar-refractivity contribution in [2.75, 3.05) is 5.73 Å². The molecule has 0 saturated carbocycles. The minimum absolute atomic E-state index is 0.0634. The molecule has 6 heteroatoms. The molecule has 0 fully saturated rings. The van der Waals surface area contributed by atoms with Gasteiger partial charge in [0.2, 0.25) is 0 Å². The molecule has 3 nitrogen and oxygen atoms in total. The minimum Gasteiger partial charge on any atom is -0.481 e. The van der Waals surface area contributed by atoms with Crippen LogP contribution >= 0.6 is 0 Å². The molecule has 0 heterocycles. The van der Waals surface area contributed by atoms with Crippen molar-refractivity contribution in [2.45, 2.75) is 51.1 Å². The lowest BCUT2D eigenvalue weighted by molar-refractivity contribution is -0.145. The zero-order valence-electron chi connectivity index (χ0n) is 12.1. The fourth-order valence-electron chi connectivity index (χ4n) is 2.81. The number of nitrogen functional groups attached to an aromatic ring is 1. The molecule has 3 N–H and O–H groups in total. The SMILES string of the molecule is CCCC(CCC)(C(=O)O)c1cccc(C(F)(F)F)c1N. The molecular formula is C15H20F3NO2. The normalized spacial score (nSPS) is 12.4. The van der Waals surface area contributed by atoms with Crippen LogP contribution in [0.1, 0.15) is 50.7 Å². The van der Waals surface area contributed by atoms with E-state index >= 15 is 0 Å². The number of para-hydroxylation sites is 1. The van der Waals surface area contributed by atoms with Gasteiger partial charge in [0.15, 0.2) is 0 Å². The van der Waals surface area contributed by atoms with E-state index in [9.17, 15) is 23.1 Å². The van der Waals surface area contributed by atoms with E-state index in [0.717, 1.165) is 6.07 Å². The Labute approximate surface area is 122 Å². The number of anilines is 1. The second kappa shape index (κ2) is 6.37. The Kier molecular flexibility index (Phi) is 5.25. The first-order valence-electron chi connectivity index (χ1n) is 6.90. The van der Waals surface area contributed by atoms with Gasteiger partial charge >= 0.3 is 12.1 Å². The van der Waals surface area contributed by atoms with Gasteiger partial charge in [-0.25, -0.2) is 0 Å². The summed E-state index contributed by atoms with van der Waals surface area (Å²) >= 11 is 0. The maximum atomic E-state index is 13.0. The number of carboxylic acid groups (broad SMARTS) is 1. The summed E-state index contributed by atoms with van der Waals surface area (Å²) < 4.78 is 38.9. The zero-order valence-corrected chi connectivity index (χ0v) is 12.1. The third-order valence-electron chi connectivity index (χ3n) is 3.69. The highest BCUT2D eigenvalue weighted by atomic mass is 19.4. The molecule has 0 amide bonds. The lowest BCUT2D eigenvalue weighted by atomic mass is 9.72. The molecule has 0 atom stereocenters. The Morgan fingerprint density at radius 3 is 2.00 bits per heavy atom. The number of halogens is 3. The summed E-state index contributed by atoms with van der Waals surface area (Å²) in [4.78, 5) is 11.8. The predicted octanol–water partition coefficient (Wildman–Crippen LogP) is 4.21. The van der Waals surface area contributed by atoms with Gasteiger partial charge in [0.1, 0.15) is 0 Å². The maximum Gasteiger partial charge on any atom is 0.418 e. The number of aliphatic carboxylic acids is 1. The highest BCUT2D eigenvalue weighted by molar-refractivity contribution is 5.84. The quantitative estimate of drug-likeness (QED) is 0.774. The van der Waals surface area contributed by atoms with Crippen LogP contribution in [0.5, 0.6) is 0 Å². The minimum atomic E-state index is -4.59. The van der Waals surface area contributed by atoms with E-state index in [-0.39, 0.29) is 18.4 Å². The van der Waals surface area contributed by atoms with E-state index in [1.807, 2.05) is 0 Å². The Morgan fingerprint density at radius 2 is 1.62 bits per heavy atom. The number of benzene rings is 1. The van der Waals surface area contributed by atoms with E-state index in [0.29, 0.717) is 12.8 Å². The van der Waals surface area contributed by atoms with Crippen molar-refractivity contribution in [1.82, 2.24) is 0 Å². The van der Waals surface area contributed by atoms with Crippen LogP contribution in [-0.4, -0.2) is 11.1 Å². The van der Waals surface area contributed by atoms with Crippen LogP contribution in [0.3, 0.4) is 0 Å². The average molecular weight is 303 g/mol. The number of carbonyl (C=O) groups is 1. The zero-order chi connectivity index (χ0) is 16.3. The van der Waals surface area contributed by atoms with Crippen LogP contribution in [0.2, 0.25) is 0 Å². The highest BCUT2D eigenvalue weighted by Gasteiger charge is 2.43. The van der Waals surface area contributed by atoms with Crippen LogP contribution in [0.15, 0.2) is 18.2 Å². The first-order chi connectivity index (χ1) is 9.70. The molecule has 21 heavy (non-hydrogen) atoms. The van der Waals surface area contributed by atoms with Crippen molar-refractivity contribution in [1.29, 1.82) is 0 Å². The average Bonchev–Trinajstić information content (AvgIpc) is 2.37. The van der Waals surface area contributed by atoms with Gasteiger partial charge in [-0.05, 0) is 24.5 Å². The summed E-state index contributed by atoms with van der Waals surface area (Å²) in [6, 6.07) is 3.49. The van der Waals surface area contributed by atoms with Crippen LogP contribution in [-0.2, 0) is 16.4 Å². The molecule has 0 unspecified atom stereocenters. The summed E-state index contributed by atoms with van der Waals surface area (Å²) in [6.07, 6.45) is -3.00. The molecule has 1 rings (SSSR count). The van der Waals surface area contributed by atoms with Crippen molar-refractivity contribution in [2.24, 2.45) is 0 Å². The summed E-state index contributed by atoms with van der Waals surface area (Å²) in [5.41, 5.74) is 2.92. The summed E-state index contributed by atoms with van der Waals surface area (Å²) in [6.45, 7) is 3.61. The Morgan fingerprint density at radius 1 is 1.14 bits per heavy atom. The Bertz CT molecular complexity index is 506. The largest absolute Gasteiger partial charge is 0.481 e. The molecule has 0 aromatic heterocycles. The van der Waals surface area contributed by atoms with Gasteiger partial charge in [-0.1, -0.05) is 38.8 Å². The third-order valence-corrected chi connectivity index (χ3v) is 3.69. The topological polar surface area (TPSA) is 63.3 Å². The maximum absolute atomic E-state index is 13.0. The van der Waals surface area contributed by atoms with Crippen LogP contribution in [0, 0.1) is 0 Å². The van der Waals surface area contributed by atoms with E-state index in [1.54, 1.807) is 13.8 Å². The number of hydrogen-bond donors (Lipinski definition) is 2. The number of hydrogen-bond acceptors (Lipinski definition) is 2. The monoisotopic (exact) mass is 303 g/mol. The lowest BCUT2D eigenvalue weighted by Gasteiger charge is -2.31. The van der Waals surface area contributed by atoms with E-state index < -0.39 is 28.8 Å². The van der Waals surface area contributed by atoms with Crippen molar-refractivity contribution in [3.05, 3.63) is 29.3 Å². The van der Waals surface area contributed by atoms with Crippen LogP contribution in [0.4, 0.5) is 18.9 Å². The van der Waals surface area contributed by atoms with Crippen molar-refractivity contribution < 1.29 is 23.1 Å². The molecule has 0 bridgehead atoms. The molecule has 118 valence electrons. The summed E-state index contributed by atoms with van der Waals surface area (Å²) in [7, 11) is 0. The van der Waals surface area contributed by atoms with E-state index in [2.05, 4.69) is 0 Å². The van der Waals surface area contributed by atoms with Crippen LogP contribution in [0.25, 0.3) is 0 Å². The van der Waals surface area contributed by atoms with Crippen LogP contribution < -0.4 is 5.73 Å². The number of rotatable bonds is 6. The Balaban J connectivity index is 3.55. The fourth-order valence-corrected chi connectivity index (χ4v) is 2.81. The number of nitrogens with two attached hydrogens (primary N) is 1. The highest BCUT2D eigenvalue weighted by Crippen LogP contribution is 2.43. The van der Waals surface area contributed by atoms with E-state index in [1.165, 1.54) is 12.1 Å². The molecule has 1 aromatic carbocycles. The lowest BCUT2D eigenvalue weighted by Crippen LogP contribution is -2.37. The van der Waals surface area contributed by atoms with Gasteiger partial charge in [0, 0.05) is 5.69 Å². The molecule has 0 aliphatic rings. The van der Waals surface area contributed by atoms with Gasteiger partial charge in [-0.2, -0.15) is 13.2 Å². The molecular weight excluding hydrogens is 283 g/mol. The van der Waals surface area contributed by atoms with Crippen molar-refractivity contribution in [3.63, 3.8) is 0 Å². The van der Waals surface area contributed by atoms with Crippen molar-refractivity contribution >= 4 is 11.7 Å². The first-order valence-corrected chi connectivity index (χ1v) is 6.90. The van der Waals surface area contributed by atoms with E-state index in [4.69, 9.17) is 5.73 Å². The standard InChI is InChI=1S/C15H20F3NO2/c1-3-8-14(9-4-2,13(20)21)10-6-5-7-11(12(10)19)15(16,17)18/h5-7H,3-4,8-9,19H2,1-2H3,(H,20,21). The second-order valence-corrected chi connectivity index (χ2v) is 5.15. The molecule has 0 spiro atoms. The number of carboxylic acids is 1. The van der Waals surface area contributed by atoms with Crippen molar-refractivity contribution in [3.8, 4) is 0 Å². The second-order valence-electron chi connectivity index (χ2n) is 5.15. The summed E-state index contributed by atoms with van der Waals surface area (Å²) in [5.74, 6) is -1.13. The summed E-state index contributed by atoms with van der Waals surface area (Å²) in [5, 5.41) is 9.62. The van der Waals surface area contributed by atoms with Gasteiger partial charge in [0.05, 0.1) is 11.0 Å². The smallest absolute Gasteiger partial charge is 0.418 e.